The molecule has 1 saturated heterocycles. The van der Waals surface area contributed by atoms with E-state index in [9.17, 15) is 28.0 Å². The van der Waals surface area contributed by atoms with Gasteiger partial charge in [0.05, 0.1) is 30.1 Å². The fourth-order valence-electron chi connectivity index (χ4n) is 10.5. The van der Waals surface area contributed by atoms with Crippen molar-refractivity contribution in [1.29, 1.82) is 0 Å². The van der Waals surface area contributed by atoms with Crippen molar-refractivity contribution in [1.82, 2.24) is 29.5 Å². The summed E-state index contributed by atoms with van der Waals surface area (Å²) in [7, 11) is 2.17. The highest BCUT2D eigenvalue weighted by Gasteiger charge is 2.44. The van der Waals surface area contributed by atoms with Gasteiger partial charge in [-0.2, -0.15) is 5.10 Å². The van der Waals surface area contributed by atoms with Gasteiger partial charge in [0.15, 0.2) is 23.6 Å². The van der Waals surface area contributed by atoms with Gasteiger partial charge < -0.3 is 24.4 Å². The maximum Gasteiger partial charge on any atom is 0.284 e. The van der Waals surface area contributed by atoms with E-state index in [1.165, 1.54) is 48.7 Å². The predicted octanol–water partition coefficient (Wildman–Crippen LogP) is 8.87. The molecule has 9 rings (SSSR count). The number of benzene rings is 1. The number of rotatable bonds is 15. The number of likely N-dealkylation sites (tertiary alicyclic amines) is 1. The minimum Gasteiger partial charge on any atom is -0.451 e. The summed E-state index contributed by atoms with van der Waals surface area (Å²) in [5, 5.41) is 6.67. The highest BCUT2D eigenvalue weighted by molar-refractivity contribution is 6.13. The molecule has 0 spiro atoms. The van der Waals surface area contributed by atoms with E-state index < -0.39 is 24.1 Å². The lowest BCUT2D eigenvalue weighted by atomic mass is 9.83. The normalized spacial score (nSPS) is 22.9. The first kappa shape index (κ1) is 46.4. The Kier molecular flexibility index (Phi) is 15.0. The molecule has 1 N–H and O–H groups in total. The molecule has 2 unspecified atom stereocenters. The molecule has 3 aromatic heterocycles. The zero-order valence-corrected chi connectivity index (χ0v) is 38.1. The number of hydrogen-bond acceptors (Lipinski definition) is 10. The Bertz CT molecular complexity index is 2280. The first-order chi connectivity index (χ1) is 31.4. The second-order valence-electron chi connectivity index (χ2n) is 19.2. The van der Waals surface area contributed by atoms with Crippen LogP contribution in [-0.2, 0) is 20.8 Å². The number of alkyl halides is 2. The van der Waals surface area contributed by atoms with Crippen LogP contribution in [0.5, 0.6) is 0 Å². The summed E-state index contributed by atoms with van der Waals surface area (Å²) in [4.78, 5) is 65.3. The van der Waals surface area contributed by atoms with E-state index in [0.29, 0.717) is 24.7 Å². The highest BCUT2D eigenvalue weighted by Crippen LogP contribution is 2.46. The third kappa shape index (κ3) is 11.5. The van der Waals surface area contributed by atoms with Gasteiger partial charge in [0.2, 0.25) is 5.91 Å². The van der Waals surface area contributed by atoms with Gasteiger partial charge in [-0.1, -0.05) is 25.0 Å². The third-order valence-corrected chi connectivity index (χ3v) is 14.3. The molecule has 13 nitrogen and oxygen atoms in total. The van der Waals surface area contributed by atoms with Crippen LogP contribution in [0.25, 0.3) is 0 Å². The quantitative estimate of drug-likeness (QED) is 0.115. The van der Waals surface area contributed by atoms with Crippen LogP contribution in [0.3, 0.4) is 0 Å². The number of Topliss-reactive ketones (excluding diaryl/α,β-unsaturated/α-hetero) is 2. The van der Waals surface area contributed by atoms with Crippen molar-refractivity contribution < 1.29 is 32.4 Å². The average Bonchev–Trinajstić information content (AvgIpc) is 3.64. The lowest BCUT2D eigenvalue weighted by molar-refractivity contribution is -0.132. The second-order valence-corrected chi connectivity index (χ2v) is 19.2. The molecule has 2 aliphatic heterocycles. The Labute approximate surface area is 380 Å². The van der Waals surface area contributed by atoms with Crippen molar-refractivity contribution >= 4 is 34.8 Å². The lowest BCUT2D eigenvalue weighted by Gasteiger charge is -2.34. The molecule has 4 aromatic rings. The van der Waals surface area contributed by atoms with Crippen LogP contribution in [-0.4, -0.2) is 98.7 Å². The van der Waals surface area contributed by atoms with Gasteiger partial charge in [-0.05, 0) is 164 Å². The average molecular weight is 895 g/mol. The summed E-state index contributed by atoms with van der Waals surface area (Å²) in [5.41, 5.74) is 5.31. The van der Waals surface area contributed by atoms with Gasteiger partial charge in [0, 0.05) is 36.7 Å². The van der Waals surface area contributed by atoms with Gasteiger partial charge >= 0.3 is 0 Å². The van der Waals surface area contributed by atoms with Crippen LogP contribution in [0.1, 0.15) is 153 Å². The number of amides is 2. The molecular formula is C50H64F2N8O5. The van der Waals surface area contributed by atoms with E-state index in [2.05, 4.69) is 62.4 Å². The molecule has 5 heterocycles. The molecule has 3 aliphatic carbocycles. The summed E-state index contributed by atoms with van der Waals surface area (Å²) in [6.45, 7) is 9.11. The molecular weight excluding hydrogens is 831 g/mol. The number of carbonyl (C=O) groups is 4. The number of hydrogen-bond donors (Lipinski definition) is 1. The smallest absolute Gasteiger partial charge is 0.284 e. The van der Waals surface area contributed by atoms with Gasteiger partial charge in [0.1, 0.15) is 12.0 Å². The van der Waals surface area contributed by atoms with E-state index >= 15 is 0 Å². The van der Waals surface area contributed by atoms with Gasteiger partial charge in [-0.3, -0.25) is 28.8 Å². The molecule has 2 atom stereocenters. The van der Waals surface area contributed by atoms with Crippen LogP contribution in [0, 0.1) is 18.8 Å². The number of halogens is 2. The van der Waals surface area contributed by atoms with Crippen LogP contribution in [0.15, 0.2) is 59.8 Å². The molecule has 348 valence electrons. The Morgan fingerprint density at radius 1 is 0.985 bits per heavy atom. The summed E-state index contributed by atoms with van der Waals surface area (Å²) >= 11 is 0. The summed E-state index contributed by atoms with van der Waals surface area (Å²) in [5.74, 6) is 0.787. The second kappa shape index (κ2) is 21.0. The van der Waals surface area contributed by atoms with Crippen LogP contribution < -0.4 is 10.2 Å². The molecule has 2 amide bonds. The number of piperidine rings is 1. The third-order valence-electron chi connectivity index (χ3n) is 14.3. The van der Waals surface area contributed by atoms with Crippen molar-refractivity contribution in [3.8, 4) is 0 Å². The van der Waals surface area contributed by atoms with Crippen molar-refractivity contribution in [3.05, 3.63) is 89.2 Å². The Balaban J connectivity index is 0.000000413. The van der Waals surface area contributed by atoms with Gasteiger partial charge in [-0.25, -0.2) is 13.8 Å². The molecule has 0 radical (unpaired) electrons. The maximum absolute atomic E-state index is 13.8. The van der Waals surface area contributed by atoms with E-state index in [0.717, 1.165) is 107 Å². The number of nitrogens with zero attached hydrogens (tertiary/aromatic N) is 7. The fraction of sp³-hybridized carbons (Fsp3) is 0.580. The Hall–Kier alpha value is -5.15. The Morgan fingerprint density at radius 3 is 2.45 bits per heavy atom. The summed E-state index contributed by atoms with van der Waals surface area (Å²) in [6.07, 6.45) is 15.7. The van der Waals surface area contributed by atoms with Crippen molar-refractivity contribution in [2.45, 2.75) is 134 Å². The SMILES string of the molecule is CC1C(=O)N(C2CCC(=O)CC2=O)c2cccc(C3CCN(CCCN(C)CC4CCC(n5cc(NC(=O)c6cocn6)c(C(F)F)n5)CC4)CC3)c21.Cc1ccnc(CCC2CC2)c1. The van der Waals surface area contributed by atoms with Crippen molar-refractivity contribution in [2.24, 2.45) is 11.8 Å². The first-order valence-electron chi connectivity index (χ1n) is 23.8. The monoisotopic (exact) mass is 894 g/mol. The number of pyridine rings is 1. The number of oxazole rings is 1. The number of ketones is 2. The van der Waals surface area contributed by atoms with Crippen molar-refractivity contribution in [3.63, 3.8) is 0 Å². The van der Waals surface area contributed by atoms with Gasteiger partial charge in [-0.15, -0.1) is 0 Å². The van der Waals surface area contributed by atoms with E-state index in [1.54, 1.807) is 9.58 Å². The summed E-state index contributed by atoms with van der Waals surface area (Å²) < 4.78 is 34.0. The number of aryl methyl sites for hydroxylation is 2. The topological polar surface area (TPSA) is 147 Å². The predicted molar refractivity (Wildman–Crippen MR) is 243 cm³/mol. The van der Waals surface area contributed by atoms with E-state index in [1.807, 2.05) is 25.3 Å². The number of anilines is 2. The molecule has 15 heteroatoms. The van der Waals surface area contributed by atoms with Crippen LogP contribution in [0.2, 0.25) is 0 Å². The minimum atomic E-state index is -2.82. The van der Waals surface area contributed by atoms with Crippen LogP contribution >= 0.6 is 0 Å². The molecule has 1 aromatic carbocycles. The standard InChI is InChI=1S/C39H49F2N7O5.C11H15N/c1-24-35-29(5-3-6-33(35)48(39(24)52)32-12-11-28(49)19-34(32)50)26-13-17-46(18-14-26)16-4-15-45(2)20-25-7-9-27(10-8-25)47-21-30(36(44-47)37(40)41)43-38(51)31-22-53-23-42-31;1-9-6-7-12-11(8-9)5-4-10-2-3-10/h3,5-6,21-27,32,37H,4,7-20H2,1-2H3,(H,43,51);6-8,10H,2-5H2,1H3. The summed E-state index contributed by atoms with van der Waals surface area (Å²) in [6, 6.07) is 9.86. The molecule has 5 aliphatic rings. The van der Waals surface area contributed by atoms with Crippen LogP contribution in [0.4, 0.5) is 20.2 Å². The number of nitrogens with one attached hydrogen (secondary N) is 1. The zero-order chi connectivity index (χ0) is 45.6. The van der Waals surface area contributed by atoms with Gasteiger partial charge in [0.25, 0.3) is 12.3 Å². The lowest BCUT2D eigenvalue weighted by Crippen LogP contribution is -2.46. The Morgan fingerprint density at radius 2 is 1.75 bits per heavy atom. The fourth-order valence-corrected chi connectivity index (χ4v) is 10.5. The zero-order valence-electron chi connectivity index (χ0n) is 38.1. The molecule has 0 bridgehead atoms. The number of carbonyl (C=O) groups excluding carboxylic acids is 4. The largest absolute Gasteiger partial charge is 0.451 e. The number of aromatic nitrogens is 4. The molecule has 65 heavy (non-hydrogen) atoms. The van der Waals surface area contributed by atoms with E-state index in [-0.39, 0.29) is 47.2 Å². The molecule has 4 fully saturated rings. The first-order valence-corrected chi connectivity index (χ1v) is 23.8. The highest BCUT2D eigenvalue weighted by atomic mass is 19.3. The van der Waals surface area contributed by atoms with Crippen molar-refractivity contribution in [2.75, 3.05) is 50.0 Å². The van der Waals surface area contributed by atoms with E-state index in [4.69, 9.17) is 4.42 Å². The molecule has 3 saturated carbocycles. The number of fused-ring (bicyclic) bond motifs is 1. The maximum atomic E-state index is 13.8. The minimum absolute atomic E-state index is 0.00213.